The van der Waals surface area contributed by atoms with Crippen molar-refractivity contribution in [2.24, 2.45) is 10.2 Å². The standard InChI is InChI=1S/C25H30N8O/c1-31(2)12-13-32(3)17-20-10-8-19(9-11-20)15-28-30-24-23-16-29-33(25(23)27-18-26-24)21-6-5-7-22(14-21)34-4/h5-11,14,16,18H,12-13,15,17H2,1-4H3. The Balaban J connectivity index is 1.42. The fourth-order valence-corrected chi connectivity index (χ4v) is 3.54. The number of hydrogen-bond acceptors (Lipinski definition) is 8. The quantitative estimate of drug-likeness (QED) is 0.333. The molecule has 0 fully saturated rings. The molecule has 0 amide bonds. The highest BCUT2D eigenvalue weighted by Crippen LogP contribution is 2.25. The predicted octanol–water partition coefficient (Wildman–Crippen LogP) is 4.10. The Labute approximate surface area is 199 Å². The maximum Gasteiger partial charge on any atom is 0.188 e. The van der Waals surface area contributed by atoms with E-state index in [0.717, 1.165) is 42.0 Å². The Kier molecular flexibility index (Phi) is 7.56. The highest BCUT2D eigenvalue weighted by Gasteiger charge is 2.11. The van der Waals surface area contributed by atoms with Gasteiger partial charge >= 0.3 is 0 Å². The Morgan fingerprint density at radius 2 is 1.76 bits per heavy atom. The molecule has 9 heteroatoms. The van der Waals surface area contributed by atoms with E-state index < -0.39 is 0 Å². The third-order valence-electron chi connectivity index (χ3n) is 5.47. The number of likely N-dealkylation sites (N-methyl/N-ethyl adjacent to an activating group) is 2. The van der Waals surface area contributed by atoms with Gasteiger partial charge < -0.3 is 14.5 Å². The molecule has 0 spiro atoms. The molecule has 2 aromatic carbocycles. The summed E-state index contributed by atoms with van der Waals surface area (Å²) < 4.78 is 7.06. The molecule has 0 saturated heterocycles. The summed E-state index contributed by atoms with van der Waals surface area (Å²) in [6.45, 7) is 3.48. The van der Waals surface area contributed by atoms with Crippen molar-refractivity contribution in [3.8, 4) is 11.4 Å². The summed E-state index contributed by atoms with van der Waals surface area (Å²) in [5.74, 6) is 1.25. The molecule has 9 nitrogen and oxygen atoms in total. The van der Waals surface area contributed by atoms with Gasteiger partial charge in [-0.1, -0.05) is 30.3 Å². The Hall–Kier alpha value is -3.69. The van der Waals surface area contributed by atoms with Crippen LogP contribution in [-0.4, -0.2) is 70.9 Å². The minimum atomic E-state index is 0.478. The van der Waals surface area contributed by atoms with E-state index in [1.165, 1.54) is 11.9 Å². The van der Waals surface area contributed by atoms with Gasteiger partial charge in [-0.25, -0.2) is 14.6 Å². The van der Waals surface area contributed by atoms with E-state index in [1.54, 1.807) is 18.0 Å². The summed E-state index contributed by atoms with van der Waals surface area (Å²) in [5, 5.41) is 14.0. The second kappa shape index (κ2) is 11.0. The predicted molar refractivity (Wildman–Crippen MR) is 133 cm³/mol. The Morgan fingerprint density at radius 3 is 2.53 bits per heavy atom. The zero-order valence-electron chi connectivity index (χ0n) is 20.1. The van der Waals surface area contributed by atoms with Crippen molar-refractivity contribution >= 4 is 16.9 Å². The first kappa shape index (κ1) is 23.5. The molecule has 0 bridgehead atoms. The molecule has 176 valence electrons. The van der Waals surface area contributed by atoms with Crippen LogP contribution in [0.2, 0.25) is 0 Å². The second-order valence-electron chi connectivity index (χ2n) is 8.45. The van der Waals surface area contributed by atoms with Crippen LogP contribution in [0.15, 0.2) is 71.3 Å². The summed E-state index contributed by atoms with van der Waals surface area (Å²) in [6.07, 6.45) is 3.20. The van der Waals surface area contributed by atoms with Crippen molar-refractivity contribution in [2.45, 2.75) is 13.1 Å². The molecule has 4 rings (SSSR count). The van der Waals surface area contributed by atoms with Crippen LogP contribution in [0.3, 0.4) is 0 Å². The van der Waals surface area contributed by atoms with Gasteiger partial charge in [-0.2, -0.15) is 10.2 Å². The van der Waals surface area contributed by atoms with Crippen LogP contribution in [0.4, 0.5) is 5.82 Å². The summed E-state index contributed by atoms with van der Waals surface area (Å²) >= 11 is 0. The lowest BCUT2D eigenvalue weighted by Gasteiger charge is -2.19. The van der Waals surface area contributed by atoms with E-state index >= 15 is 0 Å². The normalized spacial score (nSPS) is 11.8. The van der Waals surface area contributed by atoms with Crippen molar-refractivity contribution in [3.05, 3.63) is 72.2 Å². The summed E-state index contributed by atoms with van der Waals surface area (Å²) in [7, 11) is 7.97. The fourth-order valence-electron chi connectivity index (χ4n) is 3.54. The van der Waals surface area contributed by atoms with Crippen molar-refractivity contribution < 1.29 is 4.74 Å². The molecule has 0 unspecified atom stereocenters. The maximum absolute atomic E-state index is 5.32. The molecular formula is C25H30N8O. The highest BCUT2D eigenvalue weighted by molar-refractivity contribution is 5.85. The number of rotatable bonds is 10. The second-order valence-corrected chi connectivity index (χ2v) is 8.45. The molecule has 2 aromatic heterocycles. The Bertz CT molecular complexity index is 1250. The number of ether oxygens (including phenoxy) is 1. The van der Waals surface area contributed by atoms with Crippen molar-refractivity contribution in [3.63, 3.8) is 0 Å². The number of nitrogens with zero attached hydrogens (tertiary/aromatic N) is 8. The lowest BCUT2D eigenvalue weighted by Crippen LogP contribution is -2.28. The van der Waals surface area contributed by atoms with Crippen LogP contribution >= 0.6 is 0 Å². The van der Waals surface area contributed by atoms with Crippen LogP contribution in [-0.2, 0) is 13.1 Å². The third kappa shape index (κ3) is 5.81. The van der Waals surface area contributed by atoms with E-state index in [2.05, 4.69) is 80.5 Å². The third-order valence-corrected chi connectivity index (χ3v) is 5.47. The molecule has 0 radical (unpaired) electrons. The van der Waals surface area contributed by atoms with Crippen LogP contribution in [0.25, 0.3) is 16.7 Å². The molecule has 0 aliphatic rings. The van der Waals surface area contributed by atoms with Gasteiger partial charge in [-0.3, -0.25) is 0 Å². The average molecular weight is 459 g/mol. The van der Waals surface area contributed by atoms with Gasteiger partial charge in [-0.05, 0) is 44.4 Å². The first-order valence-corrected chi connectivity index (χ1v) is 11.2. The van der Waals surface area contributed by atoms with Crippen LogP contribution in [0, 0.1) is 0 Å². The summed E-state index contributed by atoms with van der Waals surface area (Å²) in [5.41, 5.74) is 3.90. The first-order valence-electron chi connectivity index (χ1n) is 11.2. The van der Waals surface area contributed by atoms with E-state index in [4.69, 9.17) is 4.74 Å². The number of hydrogen-bond donors (Lipinski definition) is 0. The van der Waals surface area contributed by atoms with Gasteiger partial charge in [0.05, 0.1) is 30.9 Å². The summed E-state index contributed by atoms with van der Waals surface area (Å²) in [6, 6.07) is 16.2. The number of benzene rings is 2. The molecule has 2 heterocycles. The van der Waals surface area contributed by atoms with Crippen molar-refractivity contribution in [2.75, 3.05) is 41.3 Å². The topological polar surface area (TPSA) is 84.0 Å². The smallest absolute Gasteiger partial charge is 0.188 e. The monoisotopic (exact) mass is 458 g/mol. The van der Waals surface area contributed by atoms with Crippen molar-refractivity contribution in [1.29, 1.82) is 0 Å². The largest absolute Gasteiger partial charge is 0.497 e. The minimum Gasteiger partial charge on any atom is -0.497 e. The van der Waals surface area contributed by atoms with Crippen LogP contribution < -0.4 is 4.74 Å². The van der Waals surface area contributed by atoms with Gasteiger partial charge in [0.25, 0.3) is 0 Å². The number of azo groups is 1. The summed E-state index contributed by atoms with van der Waals surface area (Å²) in [4.78, 5) is 13.2. The molecular weight excluding hydrogens is 428 g/mol. The zero-order valence-corrected chi connectivity index (χ0v) is 20.1. The van der Waals surface area contributed by atoms with Crippen LogP contribution in [0.1, 0.15) is 11.1 Å². The maximum atomic E-state index is 5.32. The molecule has 0 aliphatic heterocycles. The van der Waals surface area contributed by atoms with Crippen LogP contribution in [0.5, 0.6) is 5.75 Å². The molecule has 0 atom stereocenters. The van der Waals surface area contributed by atoms with Gasteiger partial charge in [0, 0.05) is 25.7 Å². The fraction of sp³-hybridized carbons (Fsp3) is 0.320. The first-order chi connectivity index (χ1) is 16.5. The van der Waals surface area contributed by atoms with Gasteiger partial charge in [0.15, 0.2) is 11.5 Å². The lowest BCUT2D eigenvalue weighted by molar-refractivity contribution is 0.276. The average Bonchev–Trinajstić information content (AvgIpc) is 3.29. The Morgan fingerprint density at radius 1 is 0.971 bits per heavy atom. The molecule has 0 N–H and O–H groups in total. The highest BCUT2D eigenvalue weighted by atomic mass is 16.5. The minimum absolute atomic E-state index is 0.478. The van der Waals surface area contributed by atoms with Gasteiger partial charge in [-0.15, -0.1) is 5.11 Å². The number of fused-ring (bicyclic) bond motifs is 1. The van der Waals surface area contributed by atoms with E-state index in [9.17, 15) is 0 Å². The van der Waals surface area contributed by atoms with E-state index in [1.807, 2.05) is 24.3 Å². The molecule has 0 saturated carbocycles. The van der Waals surface area contributed by atoms with Gasteiger partial charge in [0.2, 0.25) is 0 Å². The molecule has 0 aliphatic carbocycles. The number of methoxy groups -OCH3 is 1. The lowest BCUT2D eigenvalue weighted by atomic mass is 10.1. The van der Waals surface area contributed by atoms with E-state index in [-0.39, 0.29) is 0 Å². The number of aromatic nitrogens is 4. The van der Waals surface area contributed by atoms with Crippen molar-refractivity contribution in [1.82, 2.24) is 29.5 Å². The molecule has 4 aromatic rings. The van der Waals surface area contributed by atoms with Gasteiger partial charge in [0.1, 0.15) is 12.1 Å². The van der Waals surface area contributed by atoms with E-state index in [0.29, 0.717) is 18.0 Å². The zero-order chi connectivity index (χ0) is 23.9. The molecule has 34 heavy (non-hydrogen) atoms. The SMILES string of the molecule is COc1cccc(-n2ncc3c(N=NCc4ccc(CN(C)CCN(C)C)cc4)ncnc32)c1.